The molecule has 0 N–H and O–H groups in total. The maximum atomic E-state index is 5.37. The number of allylic oxidation sites excluding steroid dienone is 1. The minimum absolute atomic E-state index is 0.168. The van der Waals surface area contributed by atoms with E-state index >= 15 is 0 Å². The van der Waals surface area contributed by atoms with Crippen LogP contribution in [0.2, 0.25) is 0 Å². The highest BCUT2D eigenvalue weighted by Crippen LogP contribution is 2.16. The summed E-state index contributed by atoms with van der Waals surface area (Å²) in [6, 6.07) is 0. The molecule has 1 aliphatic heterocycles. The first-order valence-electron chi connectivity index (χ1n) is 3.83. The molecular formula is C9H10O2. The molecule has 1 heterocycles. The monoisotopic (exact) mass is 150 g/mol. The van der Waals surface area contributed by atoms with Gasteiger partial charge in [-0.05, 0) is 18.6 Å². The van der Waals surface area contributed by atoms with Crippen molar-refractivity contribution in [3.8, 4) is 0 Å². The molecule has 0 saturated carbocycles. The lowest BCUT2D eigenvalue weighted by Crippen LogP contribution is -2.25. The third-order valence-corrected chi connectivity index (χ3v) is 1.70. The largest absolute Gasteiger partial charge is 0.348 e. The van der Waals surface area contributed by atoms with Crippen LogP contribution in [0.3, 0.4) is 0 Å². The molecular weight excluding hydrogens is 140 g/mol. The van der Waals surface area contributed by atoms with Crippen LogP contribution in [0.4, 0.5) is 0 Å². The Morgan fingerprint density at radius 2 is 2.18 bits per heavy atom. The van der Waals surface area contributed by atoms with E-state index in [0.717, 1.165) is 25.2 Å². The Hall–Kier alpha value is -0.820. The van der Waals surface area contributed by atoms with Gasteiger partial charge in [-0.2, -0.15) is 0 Å². The van der Waals surface area contributed by atoms with Gasteiger partial charge in [-0.3, -0.25) is 0 Å². The summed E-state index contributed by atoms with van der Waals surface area (Å²) in [4.78, 5) is 0. The number of rotatable bonds is 1. The summed E-state index contributed by atoms with van der Waals surface area (Å²) in [5.41, 5.74) is 4.06. The topological polar surface area (TPSA) is 18.5 Å². The lowest BCUT2D eigenvalue weighted by molar-refractivity contribution is -0.154. The van der Waals surface area contributed by atoms with Gasteiger partial charge in [0.05, 0.1) is 13.2 Å². The Labute approximate surface area is 65.8 Å². The molecule has 1 saturated heterocycles. The molecule has 0 radical (unpaired) electrons. The van der Waals surface area contributed by atoms with Crippen LogP contribution in [-0.2, 0) is 9.47 Å². The van der Waals surface area contributed by atoms with Gasteiger partial charge in [-0.15, -0.1) is 5.73 Å². The third kappa shape index (κ3) is 1.43. The van der Waals surface area contributed by atoms with Crippen LogP contribution in [0.25, 0.3) is 0 Å². The average Bonchev–Trinajstić information content (AvgIpc) is 2.58. The second-order valence-electron chi connectivity index (χ2n) is 2.55. The van der Waals surface area contributed by atoms with Crippen molar-refractivity contribution in [3.05, 3.63) is 29.5 Å². The van der Waals surface area contributed by atoms with E-state index in [9.17, 15) is 0 Å². The van der Waals surface area contributed by atoms with Crippen LogP contribution >= 0.6 is 0 Å². The maximum Gasteiger partial charge on any atom is 0.190 e. The van der Waals surface area contributed by atoms with Crippen molar-refractivity contribution in [2.45, 2.75) is 12.7 Å². The van der Waals surface area contributed by atoms with E-state index < -0.39 is 0 Å². The number of ether oxygens (including phenoxy) is 2. The molecule has 0 atom stereocenters. The van der Waals surface area contributed by atoms with Crippen molar-refractivity contribution in [1.29, 1.82) is 0 Å². The molecule has 2 rings (SSSR count). The second kappa shape index (κ2) is 3.05. The standard InChI is InChI=1S/C9H10O2/c1-2-5-8(4-1)9-10-6-3-7-11-9/h1-2,4,9H,3,6-7H2. The fourth-order valence-corrected chi connectivity index (χ4v) is 1.16. The smallest absolute Gasteiger partial charge is 0.190 e. The molecule has 0 spiro atoms. The Morgan fingerprint density at radius 1 is 1.36 bits per heavy atom. The first kappa shape index (κ1) is 6.86. The molecule has 0 aromatic rings. The zero-order chi connectivity index (χ0) is 7.52. The summed E-state index contributed by atoms with van der Waals surface area (Å²) in [5.74, 6) is 0. The van der Waals surface area contributed by atoms with E-state index in [1.54, 1.807) is 0 Å². The van der Waals surface area contributed by atoms with Crippen molar-refractivity contribution in [2.75, 3.05) is 13.2 Å². The van der Waals surface area contributed by atoms with Gasteiger partial charge in [-0.25, -0.2) is 0 Å². The van der Waals surface area contributed by atoms with Gasteiger partial charge in [0.25, 0.3) is 0 Å². The molecule has 0 aromatic heterocycles. The zero-order valence-corrected chi connectivity index (χ0v) is 6.25. The van der Waals surface area contributed by atoms with E-state index in [4.69, 9.17) is 9.47 Å². The lowest BCUT2D eigenvalue weighted by atomic mass is 10.3. The highest BCUT2D eigenvalue weighted by Gasteiger charge is 2.17. The van der Waals surface area contributed by atoms with E-state index in [1.807, 2.05) is 18.2 Å². The van der Waals surface area contributed by atoms with Crippen LogP contribution in [-0.4, -0.2) is 19.5 Å². The van der Waals surface area contributed by atoms with Crippen LogP contribution in [0, 0.1) is 0 Å². The Kier molecular flexibility index (Phi) is 1.91. The first-order chi connectivity index (χ1) is 5.47. The number of hydrogen-bond donors (Lipinski definition) is 0. The second-order valence-corrected chi connectivity index (χ2v) is 2.55. The third-order valence-electron chi connectivity index (χ3n) is 1.70. The van der Waals surface area contributed by atoms with Crippen molar-refractivity contribution in [1.82, 2.24) is 0 Å². The van der Waals surface area contributed by atoms with Gasteiger partial charge in [0.2, 0.25) is 0 Å². The molecule has 1 fully saturated rings. The Balaban J connectivity index is 2.03. The van der Waals surface area contributed by atoms with E-state index in [0.29, 0.717) is 0 Å². The highest BCUT2D eigenvalue weighted by molar-refractivity contribution is 5.30. The normalized spacial score (nSPS) is 24.2. The van der Waals surface area contributed by atoms with Gasteiger partial charge in [-0.1, -0.05) is 6.08 Å². The molecule has 0 aromatic carbocycles. The van der Waals surface area contributed by atoms with Crippen LogP contribution in [0.5, 0.6) is 0 Å². The molecule has 58 valence electrons. The van der Waals surface area contributed by atoms with Gasteiger partial charge in [0.15, 0.2) is 6.29 Å². The van der Waals surface area contributed by atoms with Gasteiger partial charge >= 0.3 is 0 Å². The SMILES string of the molecule is C1=CC=CC=1C1OCCCO1. The molecule has 0 unspecified atom stereocenters. The van der Waals surface area contributed by atoms with Crippen molar-refractivity contribution < 1.29 is 9.47 Å². The van der Waals surface area contributed by atoms with Crippen LogP contribution in [0.15, 0.2) is 29.5 Å². The molecule has 2 aliphatic rings. The summed E-state index contributed by atoms with van der Waals surface area (Å²) in [7, 11) is 0. The summed E-state index contributed by atoms with van der Waals surface area (Å²) in [6.45, 7) is 1.59. The molecule has 2 nitrogen and oxygen atoms in total. The minimum Gasteiger partial charge on any atom is -0.348 e. The highest BCUT2D eigenvalue weighted by atomic mass is 16.7. The predicted molar refractivity (Wildman–Crippen MR) is 41.0 cm³/mol. The summed E-state index contributed by atoms with van der Waals surface area (Å²) < 4.78 is 10.7. The zero-order valence-electron chi connectivity index (χ0n) is 6.25. The van der Waals surface area contributed by atoms with Gasteiger partial charge < -0.3 is 9.47 Å². The molecule has 0 bridgehead atoms. The van der Waals surface area contributed by atoms with E-state index in [1.165, 1.54) is 0 Å². The summed E-state index contributed by atoms with van der Waals surface area (Å²) in [5, 5.41) is 0. The lowest BCUT2D eigenvalue weighted by Gasteiger charge is -2.22. The van der Waals surface area contributed by atoms with Gasteiger partial charge in [0.1, 0.15) is 0 Å². The fourth-order valence-electron chi connectivity index (χ4n) is 1.16. The Bertz CT molecular complexity index is 228. The van der Waals surface area contributed by atoms with Crippen molar-refractivity contribution in [2.24, 2.45) is 0 Å². The summed E-state index contributed by atoms with van der Waals surface area (Å²) in [6.07, 6.45) is 6.61. The first-order valence-corrected chi connectivity index (χ1v) is 3.83. The quantitative estimate of drug-likeness (QED) is 0.526. The van der Waals surface area contributed by atoms with E-state index in [2.05, 4.69) is 5.73 Å². The summed E-state index contributed by atoms with van der Waals surface area (Å²) >= 11 is 0. The molecule has 11 heavy (non-hydrogen) atoms. The maximum absolute atomic E-state index is 5.37. The molecule has 1 aliphatic carbocycles. The fraction of sp³-hybridized carbons (Fsp3) is 0.444. The van der Waals surface area contributed by atoms with Crippen LogP contribution < -0.4 is 0 Å². The molecule has 2 heteroatoms. The van der Waals surface area contributed by atoms with Crippen molar-refractivity contribution in [3.63, 3.8) is 0 Å². The van der Waals surface area contributed by atoms with Crippen LogP contribution in [0.1, 0.15) is 6.42 Å². The Morgan fingerprint density at radius 3 is 2.82 bits per heavy atom. The predicted octanol–water partition coefficient (Wildman–Crippen LogP) is 1.40. The minimum atomic E-state index is -0.168. The van der Waals surface area contributed by atoms with E-state index in [-0.39, 0.29) is 6.29 Å². The van der Waals surface area contributed by atoms with Crippen molar-refractivity contribution >= 4 is 0 Å². The molecule has 0 amide bonds. The van der Waals surface area contributed by atoms with Gasteiger partial charge in [0, 0.05) is 5.57 Å². The average molecular weight is 150 g/mol. The number of hydrogen-bond acceptors (Lipinski definition) is 2.